The van der Waals surface area contributed by atoms with E-state index in [0.29, 0.717) is 13.0 Å². The number of nitrogens with zero attached hydrogens (tertiary/aromatic N) is 3. The third kappa shape index (κ3) is 4.07. The highest BCUT2D eigenvalue weighted by Gasteiger charge is 2.33. The molecule has 1 aromatic heterocycles. The number of likely N-dealkylation sites (tertiary alicyclic amines) is 1. The van der Waals surface area contributed by atoms with Crippen molar-refractivity contribution in [3.63, 3.8) is 0 Å². The molecule has 0 saturated carbocycles. The van der Waals surface area contributed by atoms with Crippen molar-refractivity contribution in [1.29, 1.82) is 0 Å². The van der Waals surface area contributed by atoms with Crippen LogP contribution in [-0.4, -0.2) is 38.8 Å². The number of benzene rings is 1. The Kier molecular flexibility index (Phi) is 4.61. The van der Waals surface area contributed by atoms with Gasteiger partial charge in [0.05, 0.1) is 5.69 Å². The molecule has 0 N–H and O–H groups in total. The SMILES string of the molecule is CC(C)(C)OC(=O)N1CC[C@@H](c2cccc(-n3cccn3)c2)CC1=O. The van der Waals surface area contributed by atoms with Gasteiger partial charge in [-0.05, 0) is 56.9 Å². The van der Waals surface area contributed by atoms with Crippen LogP contribution in [0.1, 0.15) is 45.1 Å². The Morgan fingerprint density at radius 1 is 1.28 bits per heavy atom. The van der Waals surface area contributed by atoms with Crippen LogP contribution in [0.25, 0.3) is 5.69 Å². The van der Waals surface area contributed by atoms with Gasteiger partial charge in [0.1, 0.15) is 5.60 Å². The smallest absolute Gasteiger partial charge is 0.417 e. The van der Waals surface area contributed by atoms with Gasteiger partial charge in [0, 0.05) is 25.4 Å². The molecule has 6 nitrogen and oxygen atoms in total. The molecule has 1 saturated heterocycles. The Bertz CT molecular complexity index is 762. The molecule has 0 aliphatic carbocycles. The first-order chi connectivity index (χ1) is 11.8. The number of ether oxygens (including phenoxy) is 1. The molecule has 1 aromatic carbocycles. The number of carbonyl (C=O) groups is 2. The van der Waals surface area contributed by atoms with Crippen molar-refractivity contribution < 1.29 is 14.3 Å². The highest BCUT2D eigenvalue weighted by Crippen LogP contribution is 2.30. The van der Waals surface area contributed by atoms with Crippen molar-refractivity contribution in [1.82, 2.24) is 14.7 Å². The summed E-state index contributed by atoms with van der Waals surface area (Å²) in [5.41, 5.74) is 1.45. The molecule has 1 aliphatic rings. The molecule has 1 fully saturated rings. The molecule has 0 spiro atoms. The predicted molar refractivity (Wildman–Crippen MR) is 93.5 cm³/mol. The summed E-state index contributed by atoms with van der Waals surface area (Å²) in [6.07, 6.45) is 4.10. The van der Waals surface area contributed by atoms with Gasteiger partial charge in [-0.15, -0.1) is 0 Å². The molecule has 132 valence electrons. The quantitative estimate of drug-likeness (QED) is 0.838. The third-order valence-electron chi connectivity index (χ3n) is 4.15. The Morgan fingerprint density at radius 3 is 2.72 bits per heavy atom. The maximum atomic E-state index is 12.4. The Labute approximate surface area is 147 Å². The molecular weight excluding hydrogens is 318 g/mol. The van der Waals surface area contributed by atoms with Crippen LogP contribution in [0.5, 0.6) is 0 Å². The molecule has 0 unspecified atom stereocenters. The summed E-state index contributed by atoms with van der Waals surface area (Å²) in [6.45, 7) is 5.76. The largest absolute Gasteiger partial charge is 0.443 e. The van der Waals surface area contributed by atoms with Crippen LogP contribution in [0.15, 0.2) is 42.7 Å². The maximum absolute atomic E-state index is 12.4. The number of amides is 2. The van der Waals surface area contributed by atoms with Crippen LogP contribution in [0, 0.1) is 0 Å². The fourth-order valence-corrected chi connectivity index (χ4v) is 2.97. The lowest BCUT2D eigenvalue weighted by molar-refractivity contribution is -0.132. The normalized spacial score (nSPS) is 18.3. The minimum absolute atomic E-state index is 0.0988. The first-order valence-electron chi connectivity index (χ1n) is 8.47. The van der Waals surface area contributed by atoms with Crippen LogP contribution in [0.4, 0.5) is 4.79 Å². The van der Waals surface area contributed by atoms with E-state index in [0.717, 1.165) is 17.7 Å². The summed E-state index contributed by atoms with van der Waals surface area (Å²) < 4.78 is 7.10. The van der Waals surface area contributed by atoms with E-state index in [-0.39, 0.29) is 11.8 Å². The summed E-state index contributed by atoms with van der Waals surface area (Å²) in [5, 5.41) is 4.24. The topological polar surface area (TPSA) is 64.4 Å². The van der Waals surface area contributed by atoms with Crippen molar-refractivity contribution in [2.45, 2.75) is 45.1 Å². The zero-order valence-electron chi connectivity index (χ0n) is 14.8. The fourth-order valence-electron chi connectivity index (χ4n) is 2.97. The average Bonchev–Trinajstić information content (AvgIpc) is 3.07. The standard InChI is InChI=1S/C19H23N3O3/c1-19(2,3)25-18(24)21-11-8-15(13-17(21)23)14-6-4-7-16(12-14)22-10-5-9-20-22/h4-7,9-10,12,15H,8,11,13H2,1-3H3/t15-/m1/s1. The highest BCUT2D eigenvalue weighted by atomic mass is 16.6. The van der Waals surface area contributed by atoms with E-state index in [4.69, 9.17) is 4.74 Å². The fraction of sp³-hybridized carbons (Fsp3) is 0.421. The van der Waals surface area contributed by atoms with Gasteiger partial charge in [0.25, 0.3) is 0 Å². The van der Waals surface area contributed by atoms with E-state index in [1.165, 1.54) is 4.90 Å². The molecular formula is C19H23N3O3. The molecule has 1 aliphatic heterocycles. The van der Waals surface area contributed by atoms with E-state index in [2.05, 4.69) is 5.10 Å². The summed E-state index contributed by atoms with van der Waals surface area (Å²) in [4.78, 5) is 25.8. The van der Waals surface area contributed by atoms with Gasteiger partial charge >= 0.3 is 6.09 Å². The summed E-state index contributed by atoms with van der Waals surface area (Å²) in [6, 6.07) is 9.89. The summed E-state index contributed by atoms with van der Waals surface area (Å²) in [7, 11) is 0. The van der Waals surface area contributed by atoms with Crippen molar-refractivity contribution in [2.75, 3.05) is 6.54 Å². The van der Waals surface area contributed by atoms with E-state index in [1.807, 2.05) is 36.5 Å². The van der Waals surface area contributed by atoms with Crippen LogP contribution in [-0.2, 0) is 9.53 Å². The highest BCUT2D eigenvalue weighted by molar-refractivity contribution is 5.93. The first kappa shape index (κ1) is 17.2. The second kappa shape index (κ2) is 6.70. The molecule has 1 atom stereocenters. The predicted octanol–water partition coefficient (Wildman–Crippen LogP) is 3.51. The second-order valence-electron chi connectivity index (χ2n) is 7.26. The molecule has 2 amide bonds. The number of piperidine rings is 1. The number of hydrogen-bond acceptors (Lipinski definition) is 4. The number of rotatable bonds is 2. The number of imide groups is 1. The lowest BCUT2D eigenvalue weighted by Gasteiger charge is -2.32. The van der Waals surface area contributed by atoms with Gasteiger partial charge in [-0.2, -0.15) is 5.10 Å². The van der Waals surface area contributed by atoms with E-state index in [9.17, 15) is 9.59 Å². The van der Waals surface area contributed by atoms with Crippen LogP contribution < -0.4 is 0 Å². The second-order valence-corrected chi connectivity index (χ2v) is 7.26. The Morgan fingerprint density at radius 2 is 2.08 bits per heavy atom. The first-order valence-corrected chi connectivity index (χ1v) is 8.47. The van der Waals surface area contributed by atoms with Gasteiger partial charge in [0.15, 0.2) is 0 Å². The number of hydrogen-bond donors (Lipinski definition) is 0. The molecule has 0 radical (unpaired) electrons. The van der Waals surface area contributed by atoms with Crippen molar-refractivity contribution in [2.24, 2.45) is 0 Å². The molecule has 0 bridgehead atoms. The van der Waals surface area contributed by atoms with Crippen molar-refractivity contribution >= 4 is 12.0 Å². The molecule has 2 aromatic rings. The lowest BCUT2D eigenvalue weighted by Crippen LogP contribution is -2.44. The Balaban J connectivity index is 1.70. The van der Waals surface area contributed by atoms with E-state index < -0.39 is 11.7 Å². The minimum atomic E-state index is -0.605. The monoisotopic (exact) mass is 341 g/mol. The van der Waals surface area contributed by atoms with E-state index in [1.54, 1.807) is 31.6 Å². The van der Waals surface area contributed by atoms with E-state index >= 15 is 0 Å². The minimum Gasteiger partial charge on any atom is -0.443 e. The maximum Gasteiger partial charge on any atom is 0.417 e. The molecule has 3 rings (SSSR count). The molecule has 25 heavy (non-hydrogen) atoms. The lowest BCUT2D eigenvalue weighted by atomic mass is 9.89. The van der Waals surface area contributed by atoms with Crippen LogP contribution in [0.2, 0.25) is 0 Å². The van der Waals surface area contributed by atoms with Gasteiger partial charge < -0.3 is 4.74 Å². The number of carbonyl (C=O) groups excluding carboxylic acids is 2. The van der Waals surface area contributed by atoms with Gasteiger partial charge in [-0.1, -0.05) is 12.1 Å². The molecule has 2 heterocycles. The van der Waals surface area contributed by atoms with Gasteiger partial charge in [-0.25, -0.2) is 14.4 Å². The summed E-state index contributed by atoms with van der Waals surface area (Å²) in [5.74, 6) is -0.0864. The van der Waals surface area contributed by atoms with Gasteiger partial charge in [-0.3, -0.25) is 4.79 Å². The summed E-state index contributed by atoms with van der Waals surface area (Å²) >= 11 is 0. The van der Waals surface area contributed by atoms with Gasteiger partial charge in [0.2, 0.25) is 5.91 Å². The third-order valence-corrected chi connectivity index (χ3v) is 4.15. The van der Waals surface area contributed by atoms with Crippen molar-refractivity contribution in [3.05, 3.63) is 48.3 Å². The Hall–Kier alpha value is -2.63. The van der Waals surface area contributed by atoms with Crippen LogP contribution >= 0.6 is 0 Å². The zero-order valence-corrected chi connectivity index (χ0v) is 14.8. The van der Waals surface area contributed by atoms with Crippen molar-refractivity contribution in [3.8, 4) is 5.69 Å². The molecule has 6 heteroatoms. The number of aromatic nitrogens is 2. The van der Waals surface area contributed by atoms with Crippen LogP contribution in [0.3, 0.4) is 0 Å². The zero-order chi connectivity index (χ0) is 18.0. The average molecular weight is 341 g/mol.